The van der Waals surface area contributed by atoms with Crippen LogP contribution in [0.25, 0.3) is 0 Å². The van der Waals surface area contributed by atoms with E-state index in [2.05, 4.69) is 10.7 Å². The zero-order valence-corrected chi connectivity index (χ0v) is 12.8. The van der Waals surface area contributed by atoms with Crippen molar-refractivity contribution < 1.29 is 9.59 Å². The molecule has 1 rings (SSSR count). The summed E-state index contributed by atoms with van der Waals surface area (Å²) < 4.78 is 0. The van der Waals surface area contributed by atoms with E-state index in [4.69, 9.17) is 22.7 Å². The summed E-state index contributed by atoms with van der Waals surface area (Å²) in [5.41, 5.74) is 7.28. The number of halogens is 1. The maximum atomic E-state index is 12.2. The van der Waals surface area contributed by atoms with Gasteiger partial charge in [0.2, 0.25) is 5.96 Å². The minimum Gasteiger partial charge on any atom is -0.368 e. The number of benzene rings is 1. The van der Waals surface area contributed by atoms with Crippen LogP contribution < -0.4 is 16.5 Å². The number of rotatable bonds is 1. The molecule has 0 aliphatic rings. The van der Waals surface area contributed by atoms with Crippen LogP contribution in [-0.2, 0) is 0 Å². The van der Waals surface area contributed by atoms with Crippen LogP contribution in [0.1, 0.15) is 31.1 Å². The number of hydrazine groups is 1. The molecule has 0 spiro atoms. The van der Waals surface area contributed by atoms with Crippen LogP contribution in [0.3, 0.4) is 0 Å². The minimum absolute atomic E-state index is 0.203. The molecular formula is C13H18ClN5O2. The SMILES string of the molecule is CC(C)(C)NC(=O)NN(C(=N)N)C(=O)c1cccc(Cl)c1. The second-order valence-electron chi connectivity index (χ2n) is 5.35. The van der Waals surface area contributed by atoms with Gasteiger partial charge in [-0.05, 0) is 39.0 Å². The van der Waals surface area contributed by atoms with E-state index in [-0.39, 0.29) is 5.56 Å². The highest BCUT2D eigenvalue weighted by molar-refractivity contribution is 6.31. The Labute approximate surface area is 127 Å². The standard InChI is InChI=1S/C13H18ClN5O2/c1-13(2,3)17-12(21)18-19(11(15)16)10(20)8-5-4-6-9(14)7-8/h4-7H,1-3H3,(H3,15,16)(H2,17,18,21). The van der Waals surface area contributed by atoms with Crippen molar-refractivity contribution in [2.24, 2.45) is 5.73 Å². The van der Waals surface area contributed by atoms with Crippen LogP contribution in [0.5, 0.6) is 0 Å². The van der Waals surface area contributed by atoms with Crippen molar-refractivity contribution in [3.8, 4) is 0 Å². The summed E-state index contributed by atoms with van der Waals surface area (Å²) in [5, 5.41) is 11.0. The van der Waals surface area contributed by atoms with Crippen molar-refractivity contribution in [1.82, 2.24) is 15.8 Å². The number of guanidine groups is 1. The number of hydrogen-bond acceptors (Lipinski definition) is 3. The smallest absolute Gasteiger partial charge is 0.334 e. The molecular weight excluding hydrogens is 294 g/mol. The van der Waals surface area contributed by atoms with Crippen molar-refractivity contribution >= 4 is 29.5 Å². The molecule has 0 saturated heterocycles. The first-order valence-electron chi connectivity index (χ1n) is 6.13. The van der Waals surface area contributed by atoms with E-state index < -0.39 is 23.4 Å². The zero-order valence-electron chi connectivity index (χ0n) is 12.0. The van der Waals surface area contributed by atoms with Crippen LogP contribution in [0.4, 0.5) is 4.79 Å². The van der Waals surface area contributed by atoms with Gasteiger partial charge in [0.1, 0.15) is 0 Å². The third kappa shape index (κ3) is 5.31. The molecule has 0 fully saturated rings. The van der Waals surface area contributed by atoms with Crippen LogP contribution in [0.2, 0.25) is 5.02 Å². The molecule has 0 bridgehead atoms. The highest BCUT2D eigenvalue weighted by atomic mass is 35.5. The van der Waals surface area contributed by atoms with E-state index in [0.29, 0.717) is 10.0 Å². The van der Waals surface area contributed by atoms with E-state index in [0.717, 1.165) is 0 Å². The summed E-state index contributed by atoms with van der Waals surface area (Å²) >= 11 is 5.81. The van der Waals surface area contributed by atoms with Crippen molar-refractivity contribution in [2.45, 2.75) is 26.3 Å². The molecule has 7 nitrogen and oxygen atoms in total. The minimum atomic E-state index is -0.658. The van der Waals surface area contributed by atoms with Crippen LogP contribution in [0, 0.1) is 5.41 Å². The lowest BCUT2D eigenvalue weighted by Gasteiger charge is -2.25. The van der Waals surface area contributed by atoms with Crippen molar-refractivity contribution in [3.63, 3.8) is 0 Å². The Morgan fingerprint density at radius 3 is 2.43 bits per heavy atom. The molecule has 0 atom stereocenters. The summed E-state index contributed by atoms with van der Waals surface area (Å²) in [6, 6.07) is 5.48. The van der Waals surface area contributed by atoms with Gasteiger partial charge in [-0.3, -0.25) is 10.2 Å². The van der Waals surface area contributed by atoms with Gasteiger partial charge in [-0.1, -0.05) is 17.7 Å². The lowest BCUT2D eigenvalue weighted by molar-refractivity contribution is 0.0797. The first kappa shape index (κ1) is 16.8. The molecule has 0 aliphatic heterocycles. The molecule has 3 amide bonds. The maximum Gasteiger partial charge on any atom is 0.334 e. The van der Waals surface area contributed by atoms with Gasteiger partial charge >= 0.3 is 6.03 Å². The monoisotopic (exact) mass is 311 g/mol. The van der Waals surface area contributed by atoms with E-state index in [1.807, 2.05) is 0 Å². The largest absolute Gasteiger partial charge is 0.368 e. The van der Waals surface area contributed by atoms with E-state index in [9.17, 15) is 9.59 Å². The number of urea groups is 1. The molecule has 0 aliphatic carbocycles. The lowest BCUT2D eigenvalue weighted by Crippen LogP contribution is -2.57. The average molecular weight is 312 g/mol. The van der Waals surface area contributed by atoms with Gasteiger partial charge in [0, 0.05) is 16.1 Å². The number of amides is 3. The van der Waals surface area contributed by atoms with Crippen LogP contribution in [0.15, 0.2) is 24.3 Å². The molecule has 0 saturated carbocycles. The number of carbonyl (C=O) groups is 2. The van der Waals surface area contributed by atoms with Gasteiger partial charge in [-0.2, -0.15) is 5.01 Å². The molecule has 1 aromatic carbocycles. The fraction of sp³-hybridized carbons (Fsp3) is 0.308. The fourth-order valence-corrected chi connectivity index (χ4v) is 1.63. The molecule has 21 heavy (non-hydrogen) atoms. The summed E-state index contributed by atoms with van der Waals surface area (Å²) in [5.74, 6) is -1.27. The number of carbonyl (C=O) groups excluding carboxylic acids is 2. The van der Waals surface area contributed by atoms with Gasteiger partial charge in [0.25, 0.3) is 5.91 Å². The highest BCUT2D eigenvalue weighted by Gasteiger charge is 2.23. The average Bonchev–Trinajstić information content (AvgIpc) is 2.32. The van der Waals surface area contributed by atoms with E-state index in [1.165, 1.54) is 12.1 Å². The summed E-state index contributed by atoms with van der Waals surface area (Å²) in [4.78, 5) is 24.0. The molecule has 8 heteroatoms. The van der Waals surface area contributed by atoms with Crippen molar-refractivity contribution in [3.05, 3.63) is 34.9 Å². The van der Waals surface area contributed by atoms with Crippen LogP contribution >= 0.6 is 11.6 Å². The second kappa shape index (κ2) is 6.45. The lowest BCUT2D eigenvalue weighted by atomic mass is 10.1. The van der Waals surface area contributed by atoms with Gasteiger partial charge in [0.05, 0.1) is 0 Å². The quantitative estimate of drug-likeness (QED) is 0.360. The summed E-state index contributed by atoms with van der Waals surface area (Å²) in [7, 11) is 0. The van der Waals surface area contributed by atoms with Gasteiger partial charge in [-0.15, -0.1) is 0 Å². The normalized spacial score (nSPS) is 10.7. The second-order valence-corrected chi connectivity index (χ2v) is 5.79. The Bertz CT molecular complexity index is 568. The van der Waals surface area contributed by atoms with E-state index >= 15 is 0 Å². The Morgan fingerprint density at radius 1 is 1.33 bits per heavy atom. The number of nitrogens with zero attached hydrogens (tertiary/aromatic N) is 1. The third-order valence-corrected chi connectivity index (χ3v) is 2.45. The molecule has 114 valence electrons. The number of nitrogens with one attached hydrogen (secondary N) is 3. The number of hydrogen-bond donors (Lipinski definition) is 4. The zero-order chi connectivity index (χ0) is 16.2. The highest BCUT2D eigenvalue weighted by Crippen LogP contribution is 2.12. The summed E-state index contributed by atoms with van der Waals surface area (Å²) in [6.45, 7) is 5.34. The number of nitrogens with two attached hydrogens (primary N) is 1. The van der Waals surface area contributed by atoms with Crippen molar-refractivity contribution in [2.75, 3.05) is 0 Å². The maximum absolute atomic E-state index is 12.2. The molecule has 0 unspecified atom stereocenters. The van der Waals surface area contributed by atoms with Crippen molar-refractivity contribution in [1.29, 1.82) is 5.41 Å². The Kier molecular flexibility index (Phi) is 5.15. The van der Waals surface area contributed by atoms with Crippen LogP contribution in [-0.4, -0.2) is 28.4 Å². The third-order valence-electron chi connectivity index (χ3n) is 2.22. The van der Waals surface area contributed by atoms with Gasteiger partial charge < -0.3 is 11.1 Å². The fourth-order valence-electron chi connectivity index (χ4n) is 1.44. The van der Waals surface area contributed by atoms with E-state index in [1.54, 1.807) is 32.9 Å². The molecule has 0 aromatic heterocycles. The first-order chi connectivity index (χ1) is 9.60. The molecule has 0 radical (unpaired) electrons. The van der Waals surface area contributed by atoms with Gasteiger partial charge in [-0.25, -0.2) is 10.2 Å². The predicted molar refractivity (Wildman–Crippen MR) is 81.0 cm³/mol. The Hall–Kier alpha value is -2.28. The van der Waals surface area contributed by atoms with Gasteiger partial charge in [0.15, 0.2) is 0 Å². The molecule has 1 aromatic rings. The Balaban J connectivity index is 2.90. The first-order valence-corrected chi connectivity index (χ1v) is 6.51. The summed E-state index contributed by atoms with van der Waals surface area (Å²) in [6.07, 6.45) is 0. The predicted octanol–water partition coefficient (Wildman–Crippen LogP) is 1.69. The molecule has 0 heterocycles. The Morgan fingerprint density at radius 2 is 1.95 bits per heavy atom. The topological polar surface area (TPSA) is 111 Å². The molecule has 5 N–H and O–H groups in total.